The second-order valence-corrected chi connectivity index (χ2v) is 7.46. The minimum absolute atomic E-state index is 0.0172. The van der Waals surface area contributed by atoms with Gasteiger partial charge in [-0.05, 0) is 36.4 Å². The molecule has 1 aliphatic heterocycles. The molecule has 4 unspecified atom stereocenters. The average molecular weight is 413 g/mol. The molecule has 0 radical (unpaired) electrons. The van der Waals surface area contributed by atoms with E-state index in [0.29, 0.717) is 11.3 Å². The highest BCUT2D eigenvalue weighted by molar-refractivity contribution is 5.94. The molecule has 0 saturated carbocycles. The molecule has 2 aromatic rings. The smallest absolute Gasteiger partial charge is 0.251 e. The van der Waals surface area contributed by atoms with Crippen LogP contribution in [0.15, 0.2) is 54.6 Å². The SMILES string of the molecule is CN(C)c1ccc(C(=O)NCC2OC(CC(=O)Nc3ccccc3)C(O)C2O)cc1. The van der Waals surface area contributed by atoms with Crippen LogP contribution in [0.1, 0.15) is 16.8 Å². The van der Waals surface area contributed by atoms with Crippen molar-refractivity contribution in [2.24, 2.45) is 0 Å². The maximum Gasteiger partial charge on any atom is 0.251 e. The normalized spacial score (nSPS) is 23.1. The number of ether oxygens (including phenoxy) is 1. The lowest BCUT2D eigenvalue weighted by Crippen LogP contribution is -2.40. The van der Waals surface area contributed by atoms with Gasteiger partial charge in [0.05, 0.1) is 12.5 Å². The number of rotatable bonds is 7. The topological polar surface area (TPSA) is 111 Å². The largest absolute Gasteiger partial charge is 0.388 e. The fraction of sp³-hybridized carbons (Fsp3) is 0.364. The molecular weight excluding hydrogens is 386 g/mol. The van der Waals surface area contributed by atoms with E-state index in [0.717, 1.165) is 5.69 Å². The molecule has 8 heteroatoms. The van der Waals surface area contributed by atoms with Gasteiger partial charge in [-0.1, -0.05) is 18.2 Å². The van der Waals surface area contributed by atoms with Crippen molar-refractivity contribution >= 4 is 23.2 Å². The molecule has 2 aromatic carbocycles. The number of nitrogens with zero attached hydrogens (tertiary/aromatic N) is 1. The van der Waals surface area contributed by atoms with Gasteiger partial charge in [0.15, 0.2) is 0 Å². The van der Waals surface area contributed by atoms with Gasteiger partial charge in [-0.25, -0.2) is 0 Å². The molecule has 160 valence electrons. The summed E-state index contributed by atoms with van der Waals surface area (Å²) in [6.07, 6.45) is -4.18. The van der Waals surface area contributed by atoms with Crippen molar-refractivity contribution in [1.82, 2.24) is 5.32 Å². The van der Waals surface area contributed by atoms with Crippen LogP contribution in [0.5, 0.6) is 0 Å². The highest BCUT2D eigenvalue weighted by atomic mass is 16.5. The lowest BCUT2D eigenvalue weighted by molar-refractivity contribution is -0.120. The first-order chi connectivity index (χ1) is 14.3. The summed E-state index contributed by atoms with van der Waals surface area (Å²) in [7, 11) is 3.82. The van der Waals surface area contributed by atoms with Crippen molar-refractivity contribution in [3.05, 3.63) is 60.2 Å². The Morgan fingerprint density at radius 1 is 0.967 bits per heavy atom. The third-order valence-corrected chi connectivity index (χ3v) is 5.02. The number of aliphatic hydroxyl groups excluding tert-OH is 2. The fourth-order valence-corrected chi connectivity index (χ4v) is 3.29. The van der Waals surface area contributed by atoms with Crippen molar-refractivity contribution in [2.75, 3.05) is 30.9 Å². The molecule has 4 N–H and O–H groups in total. The fourth-order valence-electron chi connectivity index (χ4n) is 3.29. The van der Waals surface area contributed by atoms with Gasteiger partial charge < -0.3 is 30.5 Å². The molecule has 2 amide bonds. The van der Waals surface area contributed by atoms with E-state index in [9.17, 15) is 19.8 Å². The van der Waals surface area contributed by atoms with Crippen molar-refractivity contribution in [3.8, 4) is 0 Å². The summed E-state index contributed by atoms with van der Waals surface area (Å²) >= 11 is 0. The Morgan fingerprint density at radius 2 is 1.60 bits per heavy atom. The van der Waals surface area contributed by atoms with Gasteiger partial charge >= 0.3 is 0 Å². The van der Waals surface area contributed by atoms with E-state index in [2.05, 4.69) is 10.6 Å². The Hall–Kier alpha value is -2.94. The molecule has 1 aliphatic rings. The molecule has 8 nitrogen and oxygen atoms in total. The Bertz CT molecular complexity index is 857. The minimum atomic E-state index is -1.21. The van der Waals surface area contributed by atoms with Crippen LogP contribution in [-0.2, 0) is 9.53 Å². The third-order valence-electron chi connectivity index (χ3n) is 5.02. The number of hydrogen-bond acceptors (Lipinski definition) is 6. The molecule has 0 bridgehead atoms. The first-order valence-electron chi connectivity index (χ1n) is 9.77. The van der Waals surface area contributed by atoms with Crippen molar-refractivity contribution in [3.63, 3.8) is 0 Å². The second kappa shape index (κ2) is 9.71. The Balaban J connectivity index is 1.51. The van der Waals surface area contributed by atoms with Crippen LogP contribution in [0.2, 0.25) is 0 Å². The number of nitrogens with one attached hydrogen (secondary N) is 2. The maximum atomic E-state index is 12.3. The van der Waals surface area contributed by atoms with Gasteiger partial charge in [0.2, 0.25) is 5.91 Å². The van der Waals surface area contributed by atoms with E-state index in [1.165, 1.54) is 0 Å². The van der Waals surface area contributed by atoms with Crippen molar-refractivity contribution < 1.29 is 24.5 Å². The molecule has 0 aromatic heterocycles. The summed E-state index contributed by atoms with van der Waals surface area (Å²) in [5.74, 6) is -0.640. The number of anilines is 2. The van der Waals surface area contributed by atoms with E-state index in [1.807, 2.05) is 37.2 Å². The maximum absolute atomic E-state index is 12.3. The van der Waals surface area contributed by atoms with Gasteiger partial charge in [0.1, 0.15) is 18.3 Å². The van der Waals surface area contributed by atoms with Gasteiger partial charge in [-0.3, -0.25) is 9.59 Å². The van der Waals surface area contributed by atoms with E-state index in [4.69, 9.17) is 4.74 Å². The highest BCUT2D eigenvalue weighted by Gasteiger charge is 2.43. The summed E-state index contributed by atoms with van der Waals surface area (Å²) in [4.78, 5) is 26.5. The zero-order chi connectivity index (χ0) is 21.7. The standard InChI is InChI=1S/C22H27N3O5/c1-25(2)16-10-8-14(9-11-16)22(29)23-13-18-21(28)20(27)17(30-18)12-19(26)24-15-6-4-3-5-7-15/h3-11,17-18,20-21,27-28H,12-13H2,1-2H3,(H,23,29)(H,24,26). The van der Waals surface area contributed by atoms with Gasteiger partial charge in [0.25, 0.3) is 5.91 Å². The number of carbonyl (C=O) groups excluding carboxylic acids is 2. The van der Waals surface area contributed by atoms with E-state index in [-0.39, 0.29) is 24.8 Å². The third kappa shape index (κ3) is 5.35. The van der Waals surface area contributed by atoms with E-state index in [1.54, 1.807) is 36.4 Å². The Kier molecular flexibility index (Phi) is 7.04. The second-order valence-electron chi connectivity index (χ2n) is 7.46. The summed E-state index contributed by atoms with van der Waals surface area (Å²) < 4.78 is 5.65. The summed E-state index contributed by atoms with van der Waals surface area (Å²) in [5.41, 5.74) is 2.09. The lowest BCUT2D eigenvalue weighted by Gasteiger charge is -2.16. The first kappa shape index (κ1) is 21.8. The summed E-state index contributed by atoms with van der Waals surface area (Å²) in [5, 5.41) is 25.9. The number of carbonyl (C=O) groups is 2. The molecule has 1 fully saturated rings. The van der Waals surface area contributed by atoms with E-state index < -0.39 is 24.4 Å². The molecule has 1 saturated heterocycles. The number of hydrogen-bond donors (Lipinski definition) is 4. The molecule has 0 spiro atoms. The number of benzene rings is 2. The van der Waals surface area contributed by atoms with Gasteiger partial charge in [0, 0.05) is 37.6 Å². The van der Waals surface area contributed by atoms with Crippen LogP contribution in [0.4, 0.5) is 11.4 Å². The highest BCUT2D eigenvalue weighted by Crippen LogP contribution is 2.24. The average Bonchev–Trinajstić information content (AvgIpc) is 3.00. The lowest BCUT2D eigenvalue weighted by atomic mass is 10.1. The molecule has 4 atom stereocenters. The predicted molar refractivity (Wildman–Crippen MR) is 113 cm³/mol. The zero-order valence-electron chi connectivity index (χ0n) is 17.0. The van der Waals surface area contributed by atoms with E-state index >= 15 is 0 Å². The van der Waals surface area contributed by atoms with Crippen LogP contribution in [0.3, 0.4) is 0 Å². The summed E-state index contributed by atoms with van der Waals surface area (Å²) in [6, 6.07) is 16.0. The minimum Gasteiger partial charge on any atom is -0.388 e. The molecule has 3 rings (SSSR count). The number of aliphatic hydroxyl groups is 2. The molecule has 1 heterocycles. The zero-order valence-corrected chi connectivity index (χ0v) is 17.0. The number of amides is 2. The summed E-state index contributed by atoms with van der Waals surface area (Å²) in [6.45, 7) is 0.0172. The van der Waals surface area contributed by atoms with Gasteiger partial charge in [-0.2, -0.15) is 0 Å². The van der Waals surface area contributed by atoms with Crippen molar-refractivity contribution in [2.45, 2.75) is 30.8 Å². The van der Waals surface area contributed by atoms with Crippen LogP contribution in [0, 0.1) is 0 Å². The number of para-hydroxylation sites is 1. The molecule has 0 aliphatic carbocycles. The van der Waals surface area contributed by atoms with Crippen LogP contribution in [-0.4, -0.2) is 67.1 Å². The van der Waals surface area contributed by atoms with Gasteiger partial charge in [-0.15, -0.1) is 0 Å². The molecular formula is C22H27N3O5. The Morgan fingerprint density at radius 3 is 2.23 bits per heavy atom. The predicted octanol–water partition coefficient (Wildman–Crippen LogP) is 1.00. The van der Waals surface area contributed by atoms with Crippen molar-refractivity contribution in [1.29, 1.82) is 0 Å². The monoisotopic (exact) mass is 413 g/mol. The van der Waals surface area contributed by atoms with Crippen LogP contribution >= 0.6 is 0 Å². The van der Waals surface area contributed by atoms with Crippen LogP contribution in [0.25, 0.3) is 0 Å². The molecule has 30 heavy (non-hydrogen) atoms. The quantitative estimate of drug-likeness (QED) is 0.539. The first-order valence-corrected chi connectivity index (χ1v) is 9.77. The Labute approximate surface area is 175 Å². The van der Waals surface area contributed by atoms with Crippen LogP contribution < -0.4 is 15.5 Å².